The van der Waals surface area contributed by atoms with Crippen molar-refractivity contribution in [1.82, 2.24) is 17.9 Å². The molecular weight excluding hydrogens is 371 g/mol. The summed E-state index contributed by atoms with van der Waals surface area (Å²) in [6.07, 6.45) is 0. The van der Waals surface area contributed by atoms with Crippen molar-refractivity contribution in [3.8, 4) is 11.4 Å². The zero-order valence-corrected chi connectivity index (χ0v) is 12.9. The molecule has 0 radical (unpaired) electrons. The minimum atomic E-state index is 0.0136. The molecule has 0 aliphatic rings. The first-order chi connectivity index (χ1) is 9.29. The molecule has 0 aliphatic heterocycles. The molecule has 1 N–H and O–H groups in total. The van der Waals surface area contributed by atoms with Gasteiger partial charge in [0.2, 0.25) is 0 Å². The third-order valence-electron chi connectivity index (χ3n) is 2.97. The third kappa shape index (κ3) is 1.92. The molecule has 0 unspecified atom stereocenters. The molecule has 0 aliphatic carbocycles. The Morgan fingerprint density at radius 3 is 2.74 bits per heavy atom. The predicted molar refractivity (Wildman–Crippen MR) is 79.3 cm³/mol. The number of rotatable bonds is 1. The first-order valence-corrected chi connectivity index (χ1v) is 8.00. The van der Waals surface area contributed by atoms with E-state index < -0.39 is 0 Å². The average Bonchev–Trinajstić information content (AvgIpc) is 3.02. The fourth-order valence-electron chi connectivity index (χ4n) is 2.05. The van der Waals surface area contributed by atoms with Gasteiger partial charge in [-0.15, -0.1) is 0 Å². The number of H-pyrrole nitrogens is 1. The summed E-state index contributed by atoms with van der Waals surface area (Å²) in [6.45, 7) is 0. The topological polar surface area (TPSA) is 54.5 Å². The monoisotopic (exact) mass is 378 g/mol. The van der Waals surface area contributed by atoms with Gasteiger partial charge in [0.25, 0.3) is 0 Å². The molecule has 6 heteroatoms. The first kappa shape index (κ1) is 11.3. The van der Waals surface area contributed by atoms with Crippen LogP contribution in [0.25, 0.3) is 33.5 Å². The summed E-state index contributed by atoms with van der Waals surface area (Å²) in [4.78, 5) is 7.94. The molecule has 19 heavy (non-hydrogen) atoms. The fourth-order valence-corrected chi connectivity index (χ4v) is 3.49. The van der Waals surface area contributed by atoms with E-state index in [-0.39, 0.29) is 15.0 Å². The van der Waals surface area contributed by atoms with Crippen LogP contribution in [0.2, 0.25) is 0 Å². The summed E-state index contributed by atoms with van der Waals surface area (Å²) in [5.41, 5.74) is 4.99. The number of nitrogens with one attached hydrogen (secondary N) is 1. The molecule has 4 aromatic rings. The van der Waals surface area contributed by atoms with Crippen molar-refractivity contribution in [2.45, 2.75) is 0 Å². The van der Waals surface area contributed by atoms with Gasteiger partial charge in [0.1, 0.15) is 0 Å². The summed E-state index contributed by atoms with van der Waals surface area (Å²) in [6, 6.07) is 12.1. The number of benzene rings is 2. The molecule has 92 valence electrons. The van der Waals surface area contributed by atoms with Crippen molar-refractivity contribution in [3.05, 3.63) is 40.9 Å². The van der Waals surface area contributed by atoms with Gasteiger partial charge >= 0.3 is 123 Å². The number of imidazole rings is 1. The predicted octanol–water partition coefficient (Wildman–Crippen LogP) is 2.99. The molecule has 2 aromatic carbocycles. The Balaban J connectivity index is 1.92. The van der Waals surface area contributed by atoms with Gasteiger partial charge in [-0.1, -0.05) is 0 Å². The molecule has 0 bridgehead atoms. The van der Waals surface area contributed by atoms with Crippen molar-refractivity contribution >= 4 is 53.0 Å². The molecule has 2 heterocycles. The molecule has 0 saturated carbocycles. The van der Waals surface area contributed by atoms with E-state index in [0.29, 0.717) is 0 Å². The molecule has 0 saturated heterocycles. The van der Waals surface area contributed by atoms with Gasteiger partial charge in [0.05, 0.1) is 0 Å². The number of hydrogen-bond donors (Lipinski definition) is 1. The van der Waals surface area contributed by atoms with Crippen LogP contribution in [-0.4, -0.2) is 32.9 Å². The Kier molecular flexibility index (Phi) is 2.55. The van der Waals surface area contributed by atoms with E-state index in [2.05, 4.69) is 33.9 Å². The minimum absolute atomic E-state index is 0.0136. The fraction of sp³-hybridized carbons (Fsp3) is 0. The van der Waals surface area contributed by atoms with E-state index in [4.69, 9.17) is 0 Å². The zero-order chi connectivity index (χ0) is 12.8. The van der Waals surface area contributed by atoms with Crippen molar-refractivity contribution in [1.29, 1.82) is 0 Å². The number of aromatic amines is 1. The molecule has 0 fully saturated rings. The molecule has 4 rings (SSSR count). The van der Waals surface area contributed by atoms with Crippen LogP contribution in [0.15, 0.2) is 40.9 Å². The van der Waals surface area contributed by atoms with E-state index in [9.17, 15) is 0 Å². The van der Waals surface area contributed by atoms with E-state index in [0.717, 1.165) is 37.9 Å². The van der Waals surface area contributed by atoms with Crippen molar-refractivity contribution < 1.29 is 0 Å². The summed E-state index contributed by atoms with van der Waals surface area (Å²) in [7, 11) is 0. The zero-order valence-electron chi connectivity index (χ0n) is 9.59. The Labute approximate surface area is 123 Å². The van der Waals surface area contributed by atoms with Gasteiger partial charge in [-0.05, 0) is 0 Å². The Morgan fingerprint density at radius 2 is 1.79 bits per heavy atom. The number of hydrogen-bond acceptors (Lipinski definition) is 3. The Bertz CT molecular complexity index is 896. The molecule has 0 atom stereocenters. The number of aromatic nitrogens is 4. The van der Waals surface area contributed by atoms with E-state index in [1.807, 2.05) is 36.4 Å². The molecule has 2 aromatic heterocycles. The van der Waals surface area contributed by atoms with Gasteiger partial charge in [-0.3, -0.25) is 0 Å². The second-order valence-corrected chi connectivity index (χ2v) is 6.24. The third-order valence-corrected chi connectivity index (χ3v) is 4.63. The summed E-state index contributed by atoms with van der Waals surface area (Å²) in [5.74, 6) is 0.866. The van der Waals surface area contributed by atoms with Crippen LogP contribution < -0.4 is 0 Å². The van der Waals surface area contributed by atoms with E-state index in [1.165, 1.54) is 0 Å². The normalized spacial score (nSPS) is 11.4. The summed E-state index contributed by atoms with van der Waals surface area (Å²) >= 11 is 3.48. The van der Waals surface area contributed by atoms with Crippen LogP contribution in [0.1, 0.15) is 0 Å². The van der Waals surface area contributed by atoms with Gasteiger partial charge < -0.3 is 0 Å². The maximum absolute atomic E-state index is 4.61. The second kappa shape index (κ2) is 4.27. The number of halogens is 1. The number of fused-ring (bicyclic) bond motifs is 2. The average molecular weight is 378 g/mol. The second-order valence-electron chi connectivity index (χ2n) is 4.21. The van der Waals surface area contributed by atoms with Gasteiger partial charge in [-0.25, -0.2) is 0 Å². The Morgan fingerprint density at radius 1 is 0.947 bits per heavy atom. The molecule has 4 nitrogen and oxygen atoms in total. The molecule has 0 spiro atoms. The van der Waals surface area contributed by atoms with E-state index in [1.54, 1.807) is 0 Å². The van der Waals surface area contributed by atoms with Crippen LogP contribution in [0.5, 0.6) is 0 Å². The molecular formula is C13H7BrN4Se. The number of nitrogens with zero attached hydrogens (tertiary/aromatic N) is 3. The van der Waals surface area contributed by atoms with Crippen LogP contribution in [0, 0.1) is 0 Å². The van der Waals surface area contributed by atoms with Crippen molar-refractivity contribution in [3.63, 3.8) is 0 Å². The van der Waals surface area contributed by atoms with Crippen LogP contribution >= 0.6 is 15.9 Å². The van der Waals surface area contributed by atoms with Crippen LogP contribution in [0.4, 0.5) is 0 Å². The quantitative estimate of drug-likeness (QED) is 0.519. The molecule has 0 amide bonds. The van der Waals surface area contributed by atoms with Crippen molar-refractivity contribution in [2.75, 3.05) is 0 Å². The van der Waals surface area contributed by atoms with Crippen molar-refractivity contribution in [2.24, 2.45) is 0 Å². The summed E-state index contributed by atoms with van der Waals surface area (Å²) < 4.78 is 9.79. The SMILES string of the molecule is Brc1ccc2nc(-c3ccc4n[se]nc4c3)[nH]c2c1. The summed E-state index contributed by atoms with van der Waals surface area (Å²) in [5, 5.41) is 0. The van der Waals surface area contributed by atoms with Gasteiger partial charge in [0.15, 0.2) is 0 Å². The Hall–Kier alpha value is -1.49. The van der Waals surface area contributed by atoms with Crippen LogP contribution in [0.3, 0.4) is 0 Å². The van der Waals surface area contributed by atoms with Crippen LogP contribution in [-0.2, 0) is 0 Å². The van der Waals surface area contributed by atoms with Gasteiger partial charge in [-0.2, -0.15) is 0 Å². The van der Waals surface area contributed by atoms with Gasteiger partial charge in [0, 0.05) is 0 Å². The first-order valence-electron chi connectivity index (χ1n) is 5.67. The van der Waals surface area contributed by atoms with E-state index >= 15 is 0 Å². The maximum atomic E-state index is 4.61. The standard InChI is InChI=1S/C13H7BrN4Se/c14-8-2-4-9-11(6-8)16-13(15-9)7-1-3-10-12(5-7)18-19-17-10/h1-6H,(H,15,16).